The summed E-state index contributed by atoms with van der Waals surface area (Å²) in [5.74, 6) is -0.253. The molecular formula is C11H15ClN2O2. The maximum Gasteiger partial charge on any atom is 0.257 e. The summed E-state index contributed by atoms with van der Waals surface area (Å²) in [5.41, 5.74) is -0.288. The van der Waals surface area contributed by atoms with Crippen LogP contribution in [-0.4, -0.2) is 40.1 Å². The Kier molecular flexibility index (Phi) is 3.88. The van der Waals surface area contributed by atoms with Gasteiger partial charge in [0.2, 0.25) is 0 Å². The second kappa shape index (κ2) is 4.80. The van der Waals surface area contributed by atoms with E-state index in [9.17, 15) is 9.90 Å². The fraction of sp³-hybridized carbons (Fsp3) is 0.455. The summed E-state index contributed by atoms with van der Waals surface area (Å²) in [6.45, 7) is 3.43. The van der Waals surface area contributed by atoms with Gasteiger partial charge < -0.3 is 10.0 Å². The summed E-state index contributed by atoms with van der Waals surface area (Å²) >= 11 is 5.91. The van der Waals surface area contributed by atoms with Gasteiger partial charge in [0.05, 0.1) is 22.7 Å². The van der Waals surface area contributed by atoms with E-state index in [4.69, 9.17) is 11.6 Å². The highest BCUT2D eigenvalue weighted by Crippen LogP contribution is 2.19. The maximum atomic E-state index is 12.1. The molecule has 0 aromatic carbocycles. The van der Waals surface area contributed by atoms with Crippen molar-refractivity contribution in [2.45, 2.75) is 19.4 Å². The number of pyridine rings is 1. The molecule has 0 aliphatic heterocycles. The van der Waals surface area contributed by atoms with Crippen molar-refractivity contribution >= 4 is 17.5 Å². The van der Waals surface area contributed by atoms with Crippen LogP contribution in [0.5, 0.6) is 0 Å². The molecule has 0 aliphatic carbocycles. The first-order chi connectivity index (χ1) is 7.40. The van der Waals surface area contributed by atoms with Crippen LogP contribution in [0.15, 0.2) is 18.5 Å². The van der Waals surface area contributed by atoms with Gasteiger partial charge in [-0.05, 0) is 19.9 Å². The Hall–Kier alpha value is -1.13. The van der Waals surface area contributed by atoms with Crippen molar-refractivity contribution in [2.75, 3.05) is 13.7 Å². The Labute approximate surface area is 99.9 Å². The predicted molar refractivity (Wildman–Crippen MR) is 62.5 cm³/mol. The molecule has 0 bridgehead atoms. The van der Waals surface area contributed by atoms with Crippen LogP contribution in [0.3, 0.4) is 0 Å². The van der Waals surface area contributed by atoms with Crippen molar-refractivity contribution < 1.29 is 9.90 Å². The molecule has 1 amide bonds. The number of aliphatic hydroxyl groups excluding tert-OH is 1. The minimum absolute atomic E-state index is 0.118. The zero-order valence-corrected chi connectivity index (χ0v) is 10.3. The molecule has 0 aliphatic rings. The monoisotopic (exact) mass is 242 g/mol. The molecule has 88 valence electrons. The van der Waals surface area contributed by atoms with Crippen LogP contribution < -0.4 is 0 Å². The molecule has 5 heteroatoms. The van der Waals surface area contributed by atoms with Gasteiger partial charge in [0, 0.05) is 19.4 Å². The molecule has 4 nitrogen and oxygen atoms in total. The molecule has 1 aromatic rings. The van der Waals surface area contributed by atoms with Gasteiger partial charge in [-0.2, -0.15) is 0 Å². The number of hydrogen-bond donors (Lipinski definition) is 1. The third-order valence-electron chi connectivity index (χ3n) is 2.60. The summed E-state index contributed by atoms with van der Waals surface area (Å²) in [6, 6.07) is 1.56. The van der Waals surface area contributed by atoms with Crippen LogP contribution in [0.25, 0.3) is 0 Å². The molecule has 0 saturated heterocycles. The van der Waals surface area contributed by atoms with Gasteiger partial charge in [0.15, 0.2) is 0 Å². The Balaban J connectivity index is 3.00. The zero-order chi connectivity index (χ0) is 12.3. The van der Waals surface area contributed by atoms with Gasteiger partial charge in [-0.15, -0.1) is 0 Å². The standard InChI is InChI=1S/C11H15ClN2O2/c1-11(2,7-15)14(3)10(16)8-6-13-5-4-9(8)12/h4-6,15H,7H2,1-3H3. The van der Waals surface area contributed by atoms with Gasteiger partial charge in [0.25, 0.3) is 5.91 Å². The lowest BCUT2D eigenvalue weighted by Crippen LogP contribution is -2.47. The predicted octanol–water partition coefficient (Wildman–Crippen LogP) is 1.58. The fourth-order valence-corrected chi connectivity index (χ4v) is 1.28. The van der Waals surface area contributed by atoms with Crippen LogP contribution in [0.1, 0.15) is 24.2 Å². The summed E-state index contributed by atoms with van der Waals surface area (Å²) in [4.78, 5) is 17.4. The van der Waals surface area contributed by atoms with Gasteiger partial charge in [0.1, 0.15) is 0 Å². The molecule has 1 aromatic heterocycles. The van der Waals surface area contributed by atoms with Crippen molar-refractivity contribution in [3.63, 3.8) is 0 Å². The Bertz CT molecular complexity index is 393. The molecule has 1 rings (SSSR count). The number of likely N-dealkylation sites (N-methyl/N-ethyl adjacent to an activating group) is 1. The number of carbonyl (C=O) groups excluding carboxylic acids is 1. The van der Waals surface area contributed by atoms with E-state index >= 15 is 0 Å². The summed E-state index contributed by atoms with van der Waals surface area (Å²) in [5, 5.41) is 9.55. The molecule has 0 unspecified atom stereocenters. The van der Waals surface area contributed by atoms with Crippen molar-refractivity contribution in [2.24, 2.45) is 0 Å². The average Bonchev–Trinajstić information content (AvgIpc) is 2.27. The van der Waals surface area contributed by atoms with Gasteiger partial charge in [-0.1, -0.05) is 11.6 Å². The van der Waals surface area contributed by atoms with Crippen molar-refractivity contribution in [1.82, 2.24) is 9.88 Å². The number of amides is 1. The smallest absolute Gasteiger partial charge is 0.257 e. The molecular weight excluding hydrogens is 228 g/mol. The lowest BCUT2D eigenvalue weighted by molar-refractivity contribution is 0.0473. The van der Waals surface area contributed by atoms with E-state index in [1.165, 1.54) is 17.3 Å². The minimum atomic E-state index is -0.629. The van der Waals surface area contributed by atoms with E-state index in [1.54, 1.807) is 27.0 Å². The number of nitrogens with zero attached hydrogens (tertiary/aromatic N) is 2. The number of rotatable bonds is 3. The third-order valence-corrected chi connectivity index (χ3v) is 2.93. The number of aromatic nitrogens is 1. The second-order valence-electron chi connectivity index (χ2n) is 4.19. The van der Waals surface area contributed by atoms with Crippen LogP contribution >= 0.6 is 11.6 Å². The maximum absolute atomic E-state index is 12.1. The highest BCUT2D eigenvalue weighted by atomic mass is 35.5. The first-order valence-electron chi connectivity index (χ1n) is 4.88. The Morgan fingerprint density at radius 3 is 2.75 bits per heavy atom. The van der Waals surface area contributed by atoms with Gasteiger partial charge in [-0.25, -0.2) is 0 Å². The number of aliphatic hydroxyl groups is 1. The highest BCUT2D eigenvalue weighted by molar-refractivity contribution is 6.33. The third kappa shape index (κ3) is 2.51. The van der Waals surface area contributed by atoms with E-state index in [2.05, 4.69) is 4.98 Å². The van der Waals surface area contributed by atoms with Crippen LogP contribution in [-0.2, 0) is 0 Å². The lowest BCUT2D eigenvalue weighted by Gasteiger charge is -2.34. The topological polar surface area (TPSA) is 53.4 Å². The van der Waals surface area contributed by atoms with Crippen LogP contribution in [0.2, 0.25) is 5.02 Å². The quantitative estimate of drug-likeness (QED) is 0.876. The normalized spacial score (nSPS) is 11.3. The average molecular weight is 243 g/mol. The molecule has 0 atom stereocenters. The fourth-order valence-electron chi connectivity index (χ4n) is 1.10. The van der Waals surface area contributed by atoms with Crippen molar-refractivity contribution in [3.8, 4) is 0 Å². The Morgan fingerprint density at radius 1 is 1.62 bits per heavy atom. The van der Waals surface area contributed by atoms with Gasteiger partial charge >= 0.3 is 0 Å². The Morgan fingerprint density at radius 2 is 2.25 bits per heavy atom. The first-order valence-corrected chi connectivity index (χ1v) is 5.26. The summed E-state index contributed by atoms with van der Waals surface area (Å²) in [6.07, 6.45) is 2.95. The molecule has 1 N–H and O–H groups in total. The molecule has 0 radical (unpaired) electrons. The van der Waals surface area contributed by atoms with Crippen LogP contribution in [0, 0.1) is 0 Å². The molecule has 0 fully saturated rings. The van der Waals surface area contributed by atoms with Crippen molar-refractivity contribution in [3.05, 3.63) is 29.0 Å². The molecule has 0 saturated carbocycles. The lowest BCUT2D eigenvalue weighted by atomic mass is 10.0. The molecule has 16 heavy (non-hydrogen) atoms. The second-order valence-corrected chi connectivity index (χ2v) is 4.60. The number of halogens is 1. The molecule has 1 heterocycles. The van der Waals surface area contributed by atoms with E-state index in [1.807, 2.05) is 0 Å². The molecule has 0 spiro atoms. The largest absolute Gasteiger partial charge is 0.394 e. The number of carbonyl (C=O) groups is 1. The number of hydrogen-bond acceptors (Lipinski definition) is 3. The minimum Gasteiger partial charge on any atom is -0.394 e. The van der Waals surface area contributed by atoms with E-state index in [0.717, 1.165) is 0 Å². The van der Waals surface area contributed by atoms with E-state index in [0.29, 0.717) is 10.6 Å². The SMILES string of the molecule is CN(C(=O)c1cnccc1Cl)C(C)(C)CO. The van der Waals surface area contributed by atoms with E-state index < -0.39 is 5.54 Å². The first kappa shape index (κ1) is 12.9. The summed E-state index contributed by atoms with van der Waals surface area (Å²) in [7, 11) is 1.63. The summed E-state index contributed by atoms with van der Waals surface area (Å²) < 4.78 is 0. The van der Waals surface area contributed by atoms with Gasteiger partial charge in [-0.3, -0.25) is 9.78 Å². The van der Waals surface area contributed by atoms with Crippen molar-refractivity contribution in [1.29, 1.82) is 0 Å². The van der Waals surface area contributed by atoms with E-state index in [-0.39, 0.29) is 12.5 Å². The highest BCUT2D eigenvalue weighted by Gasteiger charge is 2.28. The van der Waals surface area contributed by atoms with Crippen LogP contribution in [0.4, 0.5) is 0 Å². The zero-order valence-electron chi connectivity index (χ0n) is 9.57.